The van der Waals surface area contributed by atoms with Crippen LogP contribution in [0.25, 0.3) is 0 Å². The Morgan fingerprint density at radius 1 is 0.667 bits per heavy atom. The van der Waals surface area contributed by atoms with Gasteiger partial charge in [0, 0.05) is 5.92 Å². The molecule has 0 N–H and O–H groups in total. The van der Waals surface area contributed by atoms with E-state index in [0.717, 1.165) is 28.2 Å². The molecule has 0 amide bonds. The van der Waals surface area contributed by atoms with Gasteiger partial charge in [-0.1, -0.05) is 96.1 Å². The van der Waals surface area contributed by atoms with Crippen molar-refractivity contribution >= 4 is 8.32 Å². The Bertz CT molecular complexity index is 1270. The van der Waals surface area contributed by atoms with Gasteiger partial charge in [0.2, 0.25) is 0 Å². The first-order chi connectivity index (χ1) is 21.3. The van der Waals surface area contributed by atoms with Crippen molar-refractivity contribution in [3.63, 3.8) is 0 Å². The molecule has 0 radical (unpaired) electrons. The maximum atomic E-state index is 6.98. The van der Waals surface area contributed by atoms with Gasteiger partial charge < -0.3 is 28.1 Å². The van der Waals surface area contributed by atoms with E-state index >= 15 is 0 Å². The molecule has 4 rings (SSSR count). The van der Waals surface area contributed by atoms with Crippen molar-refractivity contribution in [3.8, 4) is 11.5 Å². The van der Waals surface area contributed by atoms with E-state index < -0.39 is 13.9 Å². The molecule has 1 aliphatic heterocycles. The van der Waals surface area contributed by atoms with Crippen molar-refractivity contribution in [2.75, 3.05) is 34.0 Å². The van der Waals surface area contributed by atoms with E-state index in [-0.39, 0.29) is 23.4 Å². The van der Waals surface area contributed by atoms with E-state index in [9.17, 15) is 0 Å². The fourth-order valence-corrected chi connectivity index (χ4v) is 6.82. The average Bonchev–Trinajstić information content (AvgIpc) is 3.04. The van der Waals surface area contributed by atoms with Crippen LogP contribution in [-0.4, -0.2) is 54.8 Å². The zero-order valence-electron chi connectivity index (χ0n) is 29.0. The predicted molar refractivity (Wildman–Crippen MR) is 184 cm³/mol. The van der Waals surface area contributed by atoms with Gasteiger partial charge in [0.25, 0.3) is 0 Å². The van der Waals surface area contributed by atoms with Crippen LogP contribution in [0.3, 0.4) is 0 Å². The third kappa shape index (κ3) is 7.83. The highest BCUT2D eigenvalue weighted by Crippen LogP contribution is 2.42. The summed E-state index contributed by atoms with van der Waals surface area (Å²) < 4.78 is 37.6. The smallest absolute Gasteiger partial charge is 0.192 e. The van der Waals surface area contributed by atoms with Crippen LogP contribution < -0.4 is 9.47 Å². The lowest BCUT2D eigenvalue weighted by molar-refractivity contribution is -0.257. The first-order valence-corrected chi connectivity index (χ1v) is 19.1. The Morgan fingerprint density at radius 3 is 1.67 bits per heavy atom. The van der Waals surface area contributed by atoms with Crippen LogP contribution >= 0.6 is 0 Å². The van der Waals surface area contributed by atoms with Crippen molar-refractivity contribution in [1.29, 1.82) is 0 Å². The maximum Gasteiger partial charge on any atom is 0.192 e. The Hall–Kier alpha value is -2.68. The number of hydrogen-bond acceptors (Lipinski definition) is 6. The van der Waals surface area contributed by atoms with Crippen LogP contribution in [0.4, 0.5) is 0 Å². The minimum absolute atomic E-state index is 0.0155. The molecule has 7 heteroatoms. The van der Waals surface area contributed by atoms with E-state index in [2.05, 4.69) is 91.0 Å². The van der Waals surface area contributed by atoms with Crippen LogP contribution in [-0.2, 0) is 24.2 Å². The standard InChI is InChI=1S/C38H54O6Si/c1-27-28(2)35(26-43-45(9,10)37(4,5)6)44-36(29(27)3)41-24-25-42-38(30-14-12-11-13-15-30,31-16-20-33(39-7)21-17-31)32-18-22-34(40-8)23-19-32/h11-23,27-29,35-36H,24-26H2,1-10H3. The lowest BCUT2D eigenvalue weighted by Gasteiger charge is -2.45. The largest absolute Gasteiger partial charge is 0.497 e. The summed E-state index contributed by atoms with van der Waals surface area (Å²) in [7, 11) is 1.46. The number of benzene rings is 3. The maximum absolute atomic E-state index is 6.98. The Balaban J connectivity index is 1.56. The predicted octanol–water partition coefficient (Wildman–Crippen LogP) is 8.68. The fraction of sp³-hybridized carbons (Fsp3) is 0.526. The molecule has 5 atom stereocenters. The van der Waals surface area contributed by atoms with E-state index in [1.54, 1.807) is 14.2 Å². The third-order valence-electron chi connectivity index (χ3n) is 10.3. The zero-order valence-corrected chi connectivity index (χ0v) is 30.0. The molecular weight excluding hydrogens is 580 g/mol. The zero-order chi connectivity index (χ0) is 32.8. The highest BCUT2D eigenvalue weighted by atomic mass is 28.4. The molecule has 3 aromatic carbocycles. The third-order valence-corrected chi connectivity index (χ3v) is 14.8. The van der Waals surface area contributed by atoms with Crippen molar-refractivity contribution in [2.24, 2.45) is 17.8 Å². The molecule has 1 fully saturated rings. The average molecular weight is 635 g/mol. The van der Waals surface area contributed by atoms with Crippen LogP contribution in [0.15, 0.2) is 78.9 Å². The highest BCUT2D eigenvalue weighted by Gasteiger charge is 2.43. The number of ether oxygens (including phenoxy) is 5. The topological polar surface area (TPSA) is 55.4 Å². The Labute approximate surface area is 272 Å². The molecule has 0 bridgehead atoms. The van der Waals surface area contributed by atoms with Crippen molar-refractivity contribution in [1.82, 2.24) is 0 Å². The Kier molecular flexibility index (Phi) is 11.6. The molecule has 246 valence electrons. The molecular formula is C38H54O6Si. The number of methoxy groups -OCH3 is 2. The number of rotatable bonds is 13. The van der Waals surface area contributed by atoms with Crippen LogP contribution in [0, 0.1) is 17.8 Å². The SMILES string of the molecule is COc1ccc(C(OCCOC2OC(CO[Si](C)(C)C(C)(C)C)C(C)C(C)C2C)(c2ccccc2)c2ccc(OC)cc2)cc1. The molecule has 1 heterocycles. The van der Waals surface area contributed by atoms with Crippen LogP contribution in [0.1, 0.15) is 58.2 Å². The van der Waals surface area contributed by atoms with Crippen LogP contribution in [0.5, 0.6) is 11.5 Å². The van der Waals surface area contributed by atoms with E-state index in [4.69, 9.17) is 28.1 Å². The van der Waals surface area contributed by atoms with E-state index in [1.165, 1.54) is 0 Å². The normalized spacial score (nSPS) is 22.7. The van der Waals surface area contributed by atoms with Gasteiger partial charge in [0.15, 0.2) is 14.6 Å². The molecule has 45 heavy (non-hydrogen) atoms. The van der Waals surface area contributed by atoms with E-state index in [0.29, 0.717) is 31.7 Å². The van der Waals surface area contributed by atoms with Gasteiger partial charge in [-0.15, -0.1) is 0 Å². The molecule has 0 spiro atoms. The molecule has 0 saturated carbocycles. The summed E-state index contributed by atoms with van der Waals surface area (Å²) in [5.74, 6) is 2.62. The van der Waals surface area contributed by atoms with Gasteiger partial charge in [-0.2, -0.15) is 0 Å². The summed E-state index contributed by atoms with van der Waals surface area (Å²) in [6, 6.07) is 26.5. The van der Waals surface area contributed by atoms with Gasteiger partial charge in [-0.05, 0) is 70.9 Å². The van der Waals surface area contributed by atoms with Crippen molar-refractivity contribution in [3.05, 3.63) is 95.6 Å². The first-order valence-electron chi connectivity index (χ1n) is 16.2. The molecule has 3 aromatic rings. The van der Waals surface area contributed by atoms with Gasteiger partial charge in [-0.25, -0.2) is 0 Å². The summed E-state index contributed by atoms with van der Waals surface area (Å²) in [5.41, 5.74) is 2.12. The molecule has 6 nitrogen and oxygen atoms in total. The van der Waals surface area contributed by atoms with Gasteiger partial charge >= 0.3 is 0 Å². The molecule has 0 aliphatic carbocycles. The second-order valence-corrected chi connectivity index (χ2v) is 18.7. The molecule has 1 aliphatic rings. The molecule has 1 saturated heterocycles. The molecule has 0 aromatic heterocycles. The highest BCUT2D eigenvalue weighted by molar-refractivity contribution is 6.74. The quantitative estimate of drug-likeness (QED) is 0.107. The minimum atomic E-state index is -1.90. The van der Waals surface area contributed by atoms with Crippen LogP contribution in [0.2, 0.25) is 18.1 Å². The Morgan fingerprint density at radius 2 is 1.18 bits per heavy atom. The number of hydrogen-bond donors (Lipinski definition) is 0. The fourth-order valence-electron chi connectivity index (χ4n) is 5.81. The lowest BCUT2D eigenvalue weighted by Crippen LogP contribution is -2.50. The monoisotopic (exact) mass is 634 g/mol. The summed E-state index contributed by atoms with van der Waals surface area (Å²) in [6.45, 7) is 19.5. The van der Waals surface area contributed by atoms with Gasteiger partial charge in [0.1, 0.15) is 17.1 Å². The van der Waals surface area contributed by atoms with Crippen molar-refractivity contribution < 1.29 is 28.1 Å². The minimum Gasteiger partial charge on any atom is -0.497 e. The van der Waals surface area contributed by atoms with Gasteiger partial charge in [0.05, 0.1) is 40.1 Å². The van der Waals surface area contributed by atoms with Crippen molar-refractivity contribution in [2.45, 2.75) is 77.7 Å². The second-order valence-electron chi connectivity index (χ2n) is 13.9. The van der Waals surface area contributed by atoms with Gasteiger partial charge in [-0.3, -0.25) is 0 Å². The molecule has 5 unspecified atom stereocenters. The summed E-state index contributed by atoms with van der Waals surface area (Å²) in [6.07, 6.45) is -0.348. The lowest BCUT2D eigenvalue weighted by atomic mass is 9.79. The summed E-state index contributed by atoms with van der Waals surface area (Å²) in [4.78, 5) is 0. The first kappa shape index (κ1) is 35.2. The summed E-state index contributed by atoms with van der Waals surface area (Å²) >= 11 is 0. The summed E-state index contributed by atoms with van der Waals surface area (Å²) in [5, 5.41) is 0.149. The van der Waals surface area contributed by atoms with E-state index in [1.807, 2.05) is 42.5 Å². The second kappa shape index (κ2) is 14.8.